The second kappa shape index (κ2) is 12.3. The van der Waals surface area contributed by atoms with Crippen LogP contribution in [0.3, 0.4) is 0 Å². The summed E-state index contributed by atoms with van der Waals surface area (Å²) in [6.45, 7) is 5.39. The number of rotatable bonds is 8. The van der Waals surface area contributed by atoms with Gasteiger partial charge in [-0.3, -0.25) is 9.79 Å². The molecule has 0 aliphatic rings. The van der Waals surface area contributed by atoms with Gasteiger partial charge in [0, 0.05) is 38.7 Å². The average Bonchev–Trinajstić information content (AvgIpc) is 3.09. The van der Waals surface area contributed by atoms with Crippen molar-refractivity contribution < 1.29 is 13.7 Å². The number of nitrogens with one attached hydrogen (secondary N) is 3. The summed E-state index contributed by atoms with van der Waals surface area (Å²) in [6, 6.07) is 5.89. The van der Waals surface area contributed by atoms with Gasteiger partial charge in [0.05, 0.1) is 11.3 Å². The summed E-state index contributed by atoms with van der Waals surface area (Å²) in [6.07, 6.45) is 1.58. The molecule has 154 valence electrons. The second-order valence-electron chi connectivity index (χ2n) is 5.83. The SMILES string of the molecule is CCc1noc(CC)c1CNC(=NC)NCCNC(=O)c1ccccc1F.I. The van der Waals surface area contributed by atoms with Crippen LogP contribution in [0.25, 0.3) is 0 Å². The molecule has 0 aliphatic heterocycles. The van der Waals surface area contributed by atoms with Gasteiger partial charge in [-0.05, 0) is 18.6 Å². The lowest BCUT2D eigenvalue weighted by Crippen LogP contribution is -2.41. The first-order valence-electron chi connectivity index (χ1n) is 9.04. The van der Waals surface area contributed by atoms with E-state index in [1.807, 2.05) is 13.8 Å². The van der Waals surface area contributed by atoms with E-state index in [4.69, 9.17) is 4.52 Å². The Labute approximate surface area is 181 Å². The maximum absolute atomic E-state index is 13.6. The van der Waals surface area contributed by atoms with Crippen molar-refractivity contribution in [1.29, 1.82) is 0 Å². The van der Waals surface area contributed by atoms with Crippen molar-refractivity contribution in [3.63, 3.8) is 0 Å². The molecule has 0 saturated carbocycles. The van der Waals surface area contributed by atoms with Crippen molar-refractivity contribution in [1.82, 2.24) is 21.1 Å². The van der Waals surface area contributed by atoms with E-state index in [9.17, 15) is 9.18 Å². The molecule has 0 atom stereocenters. The van der Waals surface area contributed by atoms with E-state index in [1.54, 1.807) is 19.2 Å². The molecule has 2 rings (SSSR count). The fraction of sp³-hybridized carbons (Fsp3) is 0.421. The molecule has 28 heavy (non-hydrogen) atoms. The molecule has 3 N–H and O–H groups in total. The number of guanidine groups is 1. The van der Waals surface area contributed by atoms with Crippen molar-refractivity contribution in [3.8, 4) is 0 Å². The molecule has 9 heteroatoms. The molecular weight excluding hydrogens is 476 g/mol. The molecule has 0 aliphatic carbocycles. The van der Waals surface area contributed by atoms with Gasteiger partial charge in [-0.2, -0.15) is 0 Å². The third-order valence-electron chi connectivity index (χ3n) is 4.08. The molecule has 1 aromatic carbocycles. The highest BCUT2D eigenvalue weighted by molar-refractivity contribution is 14.0. The van der Waals surface area contributed by atoms with E-state index in [0.717, 1.165) is 29.9 Å². The van der Waals surface area contributed by atoms with Crippen molar-refractivity contribution in [2.45, 2.75) is 33.2 Å². The average molecular weight is 503 g/mol. The Morgan fingerprint density at radius 1 is 1.14 bits per heavy atom. The van der Waals surface area contributed by atoms with Gasteiger partial charge in [0.2, 0.25) is 0 Å². The number of hydrogen-bond donors (Lipinski definition) is 3. The first-order valence-corrected chi connectivity index (χ1v) is 9.04. The number of amides is 1. The monoisotopic (exact) mass is 503 g/mol. The van der Waals surface area contributed by atoms with Gasteiger partial charge in [0.15, 0.2) is 5.96 Å². The molecule has 1 heterocycles. The van der Waals surface area contributed by atoms with E-state index in [2.05, 4.69) is 26.1 Å². The van der Waals surface area contributed by atoms with E-state index in [1.165, 1.54) is 12.1 Å². The summed E-state index contributed by atoms with van der Waals surface area (Å²) in [5.74, 6) is 0.488. The quantitative estimate of drug-likeness (QED) is 0.223. The van der Waals surface area contributed by atoms with Crippen LogP contribution in [0.15, 0.2) is 33.8 Å². The highest BCUT2D eigenvalue weighted by Crippen LogP contribution is 2.15. The van der Waals surface area contributed by atoms with Gasteiger partial charge in [-0.1, -0.05) is 31.1 Å². The lowest BCUT2D eigenvalue weighted by Gasteiger charge is -2.13. The van der Waals surface area contributed by atoms with E-state index < -0.39 is 11.7 Å². The Morgan fingerprint density at radius 3 is 2.50 bits per heavy atom. The summed E-state index contributed by atoms with van der Waals surface area (Å²) in [7, 11) is 1.67. The number of aromatic nitrogens is 1. The van der Waals surface area contributed by atoms with Gasteiger partial charge in [0.25, 0.3) is 5.91 Å². The zero-order chi connectivity index (χ0) is 19.6. The van der Waals surface area contributed by atoms with Crippen LogP contribution >= 0.6 is 24.0 Å². The van der Waals surface area contributed by atoms with Crippen molar-refractivity contribution in [2.24, 2.45) is 4.99 Å². The minimum absolute atomic E-state index is 0. The van der Waals surface area contributed by atoms with Crippen molar-refractivity contribution >= 4 is 35.8 Å². The van der Waals surface area contributed by atoms with E-state index >= 15 is 0 Å². The number of aliphatic imine (C=N–C) groups is 1. The normalized spacial score (nSPS) is 10.9. The summed E-state index contributed by atoms with van der Waals surface area (Å²) in [4.78, 5) is 16.1. The highest BCUT2D eigenvalue weighted by Gasteiger charge is 2.14. The zero-order valence-electron chi connectivity index (χ0n) is 16.3. The van der Waals surface area contributed by atoms with E-state index in [0.29, 0.717) is 25.6 Å². The predicted molar refractivity (Wildman–Crippen MR) is 118 cm³/mol. The van der Waals surface area contributed by atoms with Gasteiger partial charge in [0.1, 0.15) is 11.6 Å². The second-order valence-corrected chi connectivity index (χ2v) is 5.83. The Kier molecular flexibility index (Phi) is 10.5. The first kappa shape index (κ1) is 23.9. The number of nitrogens with zero attached hydrogens (tertiary/aromatic N) is 2. The molecule has 0 unspecified atom stereocenters. The van der Waals surface area contributed by atoms with Crippen molar-refractivity contribution in [2.75, 3.05) is 20.1 Å². The lowest BCUT2D eigenvalue weighted by atomic mass is 10.1. The molecular formula is C19H27FIN5O2. The largest absolute Gasteiger partial charge is 0.361 e. The predicted octanol–water partition coefficient (Wildman–Crippen LogP) is 2.65. The molecule has 2 aromatic rings. The zero-order valence-corrected chi connectivity index (χ0v) is 18.7. The number of halogens is 2. The minimum Gasteiger partial charge on any atom is -0.361 e. The van der Waals surface area contributed by atoms with Crippen molar-refractivity contribution in [3.05, 3.63) is 52.7 Å². The number of aryl methyl sites for hydroxylation is 2. The van der Waals surface area contributed by atoms with E-state index in [-0.39, 0.29) is 29.5 Å². The highest BCUT2D eigenvalue weighted by atomic mass is 127. The first-order chi connectivity index (χ1) is 13.1. The Balaban J connectivity index is 0.00000392. The Morgan fingerprint density at radius 2 is 1.86 bits per heavy atom. The molecule has 0 saturated heterocycles. The smallest absolute Gasteiger partial charge is 0.254 e. The third kappa shape index (κ3) is 6.47. The Hall–Kier alpha value is -2.17. The topological polar surface area (TPSA) is 91.6 Å². The molecule has 0 radical (unpaired) electrons. The van der Waals surface area contributed by atoms with Crippen LogP contribution in [-0.2, 0) is 19.4 Å². The Bertz CT molecular complexity index is 773. The summed E-state index contributed by atoms with van der Waals surface area (Å²) in [5, 5.41) is 13.1. The molecule has 1 amide bonds. The van der Waals surface area contributed by atoms with Crippen LogP contribution in [0, 0.1) is 5.82 Å². The van der Waals surface area contributed by atoms with Crippen LogP contribution in [0.2, 0.25) is 0 Å². The van der Waals surface area contributed by atoms with Crippen LogP contribution < -0.4 is 16.0 Å². The van der Waals surface area contributed by atoms with Crippen LogP contribution in [-0.4, -0.2) is 37.2 Å². The number of hydrogen-bond acceptors (Lipinski definition) is 4. The summed E-state index contributed by atoms with van der Waals surface area (Å²) >= 11 is 0. The van der Waals surface area contributed by atoms with Crippen LogP contribution in [0.5, 0.6) is 0 Å². The summed E-state index contributed by atoms with van der Waals surface area (Å²) in [5.41, 5.74) is 2.02. The summed E-state index contributed by atoms with van der Waals surface area (Å²) < 4.78 is 18.9. The fourth-order valence-electron chi connectivity index (χ4n) is 2.63. The molecule has 1 aromatic heterocycles. The number of carbonyl (C=O) groups excluding carboxylic acids is 1. The number of benzene rings is 1. The minimum atomic E-state index is -0.535. The van der Waals surface area contributed by atoms with Gasteiger partial charge >= 0.3 is 0 Å². The molecule has 0 bridgehead atoms. The van der Waals surface area contributed by atoms with Crippen LogP contribution in [0.1, 0.15) is 41.2 Å². The third-order valence-corrected chi connectivity index (χ3v) is 4.08. The van der Waals surface area contributed by atoms with Gasteiger partial charge < -0.3 is 20.5 Å². The molecule has 7 nitrogen and oxygen atoms in total. The fourth-order valence-corrected chi connectivity index (χ4v) is 2.63. The lowest BCUT2D eigenvalue weighted by molar-refractivity contribution is 0.0950. The standard InChI is InChI=1S/C19H26FN5O2.HI/c1-4-16-14(17(5-2)27-25-16)12-24-19(21-3)23-11-10-22-18(26)13-8-6-7-9-15(13)20;/h6-9H,4-5,10-12H2,1-3H3,(H,22,26)(H2,21,23,24);1H. The maximum Gasteiger partial charge on any atom is 0.254 e. The molecule has 0 fully saturated rings. The number of carbonyl (C=O) groups is 1. The van der Waals surface area contributed by atoms with Crippen LogP contribution in [0.4, 0.5) is 4.39 Å². The maximum atomic E-state index is 13.6. The van der Waals surface area contributed by atoms with Gasteiger partial charge in [-0.15, -0.1) is 24.0 Å². The van der Waals surface area contributed by atoms with Gasteiger partial charge in [-0.25, -0.2) is 4.39 Å². The molecule has 0 spiro atoms.